The molecule has 0 aliphatic rings. The smallest absolute Gasteiger partial charge is 0.173 e. The van der Waals surface area contributed by atoms with Crippen LogP contribution < -0.4 is 0 Å². The molecule has 0 fully saturated rings. The Labute approximate surface area is 41.8 Å². The van der Waals surface area contributed by atoms with Gasteiger partial charge in [-0.15, -0.1) is 12.6 Å². The number of thiol groups is 1. The molecule has 0 atom stereocenters. The minimum Gasteiger partial charge on any atom is -0.291 e. The van der Waals surface area contributed by atoms with Crippen LogP contribution in [0.5, 0.6) is 0 Å². The van der Waals surface area contributed by atoms with E-state index in [9.17, 15) is 0 Å². The summed E-state index contributed by atoms with van der Waals surface area (Å²) in [4.78, 5) is 8.67. The van der Waals surface area contributed by atoms with Crippen LogP contribution >= 0.6 is 24.8 Å². The van der Waals surface area contributed by atoms with Crippen molar-refractivity contribution < 1.29 is 4.79 Å². The van der Waals surface area contributed by atoms with Crippen LogP contribution in [-0.2, 0) is 4.79 Å². The highest BCUT2D eigenvalue weighted by molar-refractivity contribution is 7.94. The largest absolute Gasteiger partial charge is 0.291 e. The van der Waals surface area contributed by atoms with E-state index >= 15 is 0 Å². The molecule has 0 saturated heterocycles. The number of carbonyl (C=O) groups excluding carboxylic acids is 1. The van der Waals surface area contributed by atoms with Crippen LogP contribution in [-0.4, -0.2) is 11.5 Å². The predicted octanol–water partition coefficient (Wildman–Crippen LogP) is 0.722. The molecule has 0 unspecified atom stereocenters. The lowest BCUT2D eigenvalue weighted by Crippen LogP contribution is -1.25. The van der Waals surface area contributed by atoms with E-state index in [4.69, 9.17) is 4.79 Å². The minimum absolute atomic E-state index is 0.444. The average molecular weight is 108 g/mol. The molecule has 0 N–H and O–H groups in total. The molecule has 0 saturated carbocycles. The molecule has 0 aliphatic carbocycles. The second-order valence-electron chi connectivity index (χ2n) is 0.105. The van der Waals surface area contributed by atoms with E-state index in [2.05, 4.69) is 30.7 Å². The Morgan fingerprint density at radius 1 is 1.80 bits per heavy atom. The zero-order valence-corrected chi connectivity index (χ0v) is 4.26. The first-order valence-electron chi connectivity index (χ1n) is 0.783. The van der Waals surface area contributed by atoms with Crippen molar-refractivity contribution in [1.82, 2.24) is 0 Å². The molecule has 0 aromatic heterocycles. The molecule has 0 amide bonds. The third-order valence-corrected chi connectivity index (χ3v) is 0. The molecule has 0 spiro atoms. The molecule has 5 heavy (non-hydrogen) atoms. The maximum Gasteiger partial charge on any atom is 0.173 e. The predicted molar refractivity (Wildman–Crippen MR) is 30.4 cm³/mol. The number of rotatable bonds is 0. The van der Waals surface area contributed by atoms with Gasteiger partial charge in [0.1, 0.15) is 0 Å². The fourth-order valence-corrected chi connectivity index (χ4v) is 0. The van der Waals surface area contributed by atoms with Crippen molar-refractivity contribution in [3.8, 4) is 0 Å². The summed E-state index contributed by atoms with van der Waals surface area (Å²) < 4.78 is 0. The summed E-state index contributed by atoms with van der Waals surface area (Å²) >= 11 is 6.94. The summed E-state index contributed by atoms with van der Waals surface area (Å²) in [6.45, 7) is 0. The van der Waals surface area contributed by atoms with Crippen molar-refractivity contribution in [3.05, 3.63) is 0 Å². The van der Waals surface area contributed by atoms with Gasteiger partial charge in [0.2, 0.25) is 0 Å². The summed E-state index contributed by atoms with van der Waals surface area (Å²) in [6.07, 6.45) is 0. The lowest BCUT2D eigenvalue weighted by molar-refractivity contribution is 0.570. The van der Waals surface area contributed by atoms with Crippen molar-refractivity contribution in [2.45, 2.75) is 0 Å². The van der Waals surface area contributed by atoms with Gasteiger partial charge in [-0.1, -0.05) is 12.2 Å². The second-order valence-corrected chi connectivity index (χ2v) is 0.316. The van der Waals surface area contributed by atoms with Crippen LogP contribution in [0, 0.1) is 0 Å². The van der Waals surface area contributed by atoms with Gasteiger partial charge in [-0.05, 0) is 5.87 Å². The van der Waals surface area contributed by atoms with Crippen molar-refractivity contribution in [1.29, 1.82) is 0 Å². The number of thiocarbonyl (C=S) groups is 1. The summed E-state index contributed by atoms with van der Waals surface area (Å²) in [5.41, 5.74) is 0.444. The van der Waals surface area contributed by atoms with E-state index in [1.54, 1.807) is 0 Å². The fourth-order valence-electron chi connectivity index (χ4n) is 0. The van der Waals surface area contributed by atoms with Gasteiger partial charge in [0, 0.05) is 0 Å². The van der Waals surface area contributed by atoms with Gasteiger partial charge in [0.25, 0.3) is 0 Å². The van der Waals surface area contributed by atoms with E-state index in [-0.39, 0.29) is 0 Å². The molecular formula is C2H4OS2. The molecule has 0 bridgehead atoms. The number of carbonyl (C=O) groups is 1. The normalized spacial score (nSPS) is 3.40. The lowest BCUT2D eigenvalue weighted by Gasteiger charge is -1.24. The summed E-state index contributed by atoms with van der Waals surface area (Å²) in [5.74, 6) is 2.83. The Morgan fingerprint density at radius 3 is 1.80 bits per heavy atom. The molecular weight excluding hydrogens is 104 g/mol. The molecule has 0 aromatic rings. The topological polar surface area (TPSA) is 17.1 Å². The SMILES string of the molecule is C=S.O=CS. The van der Waals surface area contributed by atoms with E-state index < -0.39 is 0 Å². The van der Waals surface area contributed by atoms with Crippen LogP contribution in [0.4, 0.5) is 0 Å². The molecule has 0 radical (unpaired) electrons. The van der Waals surface area contributed by atoms with Gasteiger partial charge < -0.3 is 0 Å². The maximum atomic E-state index is 8.67. The Balaban J connectivity index is 0. The zero-order valence-electron chi connectivity index (χ0n) is 2.55. The highest BCUT2D eigenvalue weighted by atomic mass is 32.1. The van der Waals surface area contributed by atoms with Crippen molar-refractivity contribution in [3.63, 3.8) is 0 Å². The van der Waals surface area contributed by atoms with Gasteiger partial charge in [-0.2, -0.15) is 0 Å². The van der Waals surface area contributed by atoms with Gasteiger partial charge in [0.15, 0.2) is 5.62 Å². The molecule has 30 valence electrons. The van der Waals surface area contributed by atoms with Crippen LogP contribution in [0.3, 0.4) is 0 Å². The Kier molecular flexibility index (Phi) is 57.6. The molecule has 0 aliphatic heterocycles. The quantitative estimate of drug-likeness (QED) is 0.280. The Bertz CT molecular complexity index is 21.6. The first-order valence-corrected chi connectivity index (χ1v) is 1.88. The van der Waals surface area contributed by atoms with Gasteiger partial charge >= 0.3 is 0 Å². The van der Waals surface area contributed by atoms with Crippen LogP contribution in [0.1, 0.15) is 0 Å². The number of hydrogen-bond acceptors (Lipinski definition) is 2. The second kappa shape index (κ2) is 32.3. The molecule has 0 aromatic carbocycles. The van der Waals surface area contributed by atoms with Crippen molar-refractivity contribution in [2.24, 2.45) is 0 Å². The van der Waals surface area contributed by atoms with Crippen LogP contribution in [0.25, 0.3) is 0 Å². The lowest BCUT2D eigenvalue weighted by atomic mass is 11.8. The summed E-state index contributed by atoms with van der Waals surface area (Å²) in [5, 5.41) is 0. The third kappa shape index (κ3) is 1510. The first kappa shape index (κ1) is 8.92. The Morgan fingerprint density at radius 2 is 1.80 bits per heavy atom. The highest BCUT2D eigenvalue weighted by Gasteiger charge is 1.24. The van der Waals surface area contributed by atoms with Crippen molar-refractivity contribution in [2.75, 3.05) is 0 Å². The molecule has 3 heteroatoms. The molecule has 1 nitrogen and oxygen atoms in total. The summed E-state index contributed by atoms with van der Waals surface area (Å²) in [7, 11) is 0. The van der Waals surface area contributed by atoms with Crippen LogP contribution in [0.2, 0.25) is 0 Å². The molecule has 0 heterocycles. The zero-order chi connectivity index (χ0) is 4.71. The number of hydrogen-bond donors (Lipinski definition) is 1. The first-order chi connectivity index (χ1) is 2.41. The highest BCUT2D eigenvalue weighted by Crippen LogP contribution is 1.39. The van der Waals surface area contributed by atoms with E-state index in [1.807, 2.05) is 0 Å². The minimum atomic E-state index is 0.444. The standard InChI is InChI=1S/CH2OS.CH2S/c2-1-3;1-2/h1H,(H,2,3);1H2. The average Bonchev–Trinajstić information content (AvgIpc) is 1.46. The van der Waals surface area contributed by atoms with Crippen LogP contribution in [0.15, 0.2) is 0 Å². The van der Waals surface area contributed by atoms with E-state index in [1.165, 1.54) is 0 Å². The third-order valence-electron chi connectivity index (χ3n) is 0. The maximum absolute atomic E-state index is 8.67. The summed E-state index contributed by atoms with van der Waals surface area (Å²) in [6, 6.07) is 0. The van der Waals surface area contributed by atoms with Gasteiger partial charge in [-0.3, -0.25) is 4.79 Å². The Hall–Kier alpha value is 0.110. The van der Waals surface area contributed by atoms with Gasteiger partial charge in [-0.25, -0.2) is 0 Å². The monoisotopic (exact) mass is 108 g/mol. The van der Waals surface area contributed by atoms with Gasteiger partial charge in [0.05, 0.1) is 0 Å². The molecule has 0 rings (SSSR count). The van der Waals surface area contributed by atoms with Crippen molar-refractivity contribution >= 4 is 36.3 Å². The fraction of sp³-hybridized carbons (Fsp3) is 0. The van der Waals surface area contributed by atoms with E-state index in [0.717, 1.165) is 0 Å². The van der Waals surface area contributed by atoms with E-state index in [0.29, 0.717) is 5.62 Å².